The molecular formula is C14H18N4O2S. The fraction of sp³-hybridized carbons (Fsp3) is 0.429. The van der Waals surface area contributed by atoms with Crippen LogP contribution in [0.3, 0.4) is 0 Å². The van der Waals surface area contributed by atoms with Crippen LogP contribution in [0.4, 0.5) is 0 Å². The van der Waals surface area contributed by atoms with Crippen molar-refractivity contribution in [3.63, 3.8) is 0 Å². The predicted molar refractivity (Wildman–Crippen MR) is 81.0 cm³/mol. The van der Waals surface area contributed by atoms with E-state index in [1.807, 2.05) is 17.5 Å². The first kappa shape index (κ1) is 14.2. The number of carbonyl (C=O) groups excluding carboxylic acids is 1. The van der Waals surface area contributed by atoms with Gasteiger partial charge in [-0.05, 0) is 11.4 Å². The average molecular weight is 306 g/mol. The van der Waals surface area contributed by atoms with Gasteiger partial charge in [0.05, 0.1) is 35.9 Å². The monoisotopic (exact) mass is 306 g/mol. The Labute approximate surface area is 126 Å². The number of carbonyl (C=O) groups is 1. The Morgan fingerprint density at radius 3 is 3.29 bits per heavy atom. The average Bonchev–Trinajstić information content (AvgIpc) is 3.17. The van der Waals surface area contributed by atoms with E-state index in [0.717, 1.165) is 29.2 Å². The van der Waals surface area contributed by atoms with Gasteiger partial charge in [-0.2, -0.15) is 5.10 Å². The van der Waals surface area contributed by atoms with Crippen molar-refractivity contribution in [1.82, 2.24) is 20.8 Å². The number of H-pyrrole nitrogens is 1. The molecule has 1 aliphatic rings. The first-order chi connectivity index (χ1) is 10.3. The second kappa shape index (κ2) is 6.84. The summed E-state index contributed by atoms with van der Waals surface area (Å²) < 4.78 is 5.53. The highest BCUT2D eigenvalue weighted by molar-refractivity contribution is 7.13. The summed E-state index contributed by atoms with van der Waals surface area (Å²) in [5, 5.41) is 15.2. The fourth-order valence-corrected chi connectivity index (χ4v) is 3.06. The van der Waals surface area contributed by atoms with Gasteiger partial charge < -0.3 is 15.4 Å². The quantitative estimate of drug-likeness (QED) is 0.774. The fourth-order valence-electron chi connectivity index (χ4n) is 2.30. The SMILES string of the molecule is O=C(CC1CNCCO1)NCc1cn[nH]c1-c1cccs1. The molecule has 6 nitrogen and oxygen atoms in total. The van der Waals surface area contributed by atoms with Gasteiger partial charge in [0.1, 0.15) is 0 Å². The summed E-state index contributed by atoms with van der Waals surface area (Å²) in [6.45, 7) is 2.74. The van der Waals surface area contributed by atoms with E-state index in [4.69, 9.17) is 4.74 Å². The summed E-state index contributed by atoms with van der Waals surface area (Å²) in [5.74, 6) is 0.00188. The summed E-state index contributed by atoms with van der Waals surface area (Å²) in [5.41, 5.74) is 1.97. The van der Waals surface area contributed by atoms with Gasteiger partial charge in [0.25, 0.3) is 0 Å². The van der Waals surface area contributed by atoms with Crippen molar-refractivity contribution in [2.75, 3.05) is 19.7 Å². The number of amides is 1. The number of rotatable bonds is 5. The molecule has 1 unspecified atom stereocenters. The van der Waals surface area contributed by atoms with Crippen molar-refractivity contribution in [2.24, 2.45) is 0 Å². The van der Waals surface area contributed by atoms with E-state index in [1.165, 1.54) is 0 Å². The second-order valence-electron chi connectivity index (χ2n) is 4.93. The van der Waals surface area contributed by atoms with Crippen LogP contribution in [-0.2, 0) is 16.1 Å². The lowest BCUT2D eigenvalue weighted by Gasteiger charge is -2.23. The standard InChI is InChI=1S/C14H18N4O2S/c19-13(6-11-9-15-3-4-20-11)16-7-10-8-17-18-14(10)12-2-1-5-21-12/h1-2,5,8,11,15H,3-4,6-7,9H2,(H,16,19)(H,17,18). The third-order valence-electron chi connectivity index (χ3n) is 3.38. The van der Waals surface area contributed by atoms with Crippen LogP contribution in [0.2, 0.25) is 0 Å². The largest absolute Gasteiger partial charge is 0.375 e. The Kier molecular flexibility index (Phi) is 4.64. The molecule has 112 valence electrons. The van der Waals surface area contributed by atoms with E-state index in [2.05, 4.69) is 20.8 Å². The van der Waals surface area contributed by atoms with Gasteiger partial charge in [0, 0.05) is 25.2 Å². The Balaban J connectivity index is 1.53. The number of hydrogen-bond acceptors (Lipinski definition) is 5. The first-order valence-corrected chi connectivity index (χ1v) is 7.86. The number of aromatic nitrogens is 2. The maximum Gasteiger partial charge on any atom is 0.222 e. The van der Waals surface area contributed by atoms with Crippen LogP contribution in [0.5, 0.6) is 0 Å². The number of aromatic amines is 1. The molecule has 7 heteroatoms. The van der Waals surface area contributed by atoms with Crippen LogP contribution < -0.4 is 10.6 Å². The van der Waals surface area contributed by atoms with E-state index in [0.29, 0.717) is 19.6 Å². The van der Waals surface area contributed by atoms with Crippen molar-refractivity contribution in [2.45, 2.75) is 19.1 Å². The van der Waals surface area contributed by atoms with Gasteiger partial charge in [-0.15, -0.1) is 11.3 Å². The molecule has 21 heavy (non-hydrogen) atoms. The summed E-state index contributed by atoms with van der Waals surface area (Å²) in [6.07, 6.45) is 2.12. The molecule has 0 aromatic carbocycles. The Hall–Kier alpha value is -1.70. The molecule has 3 N–H and O–H groups in total. The third kappa shape index (κ3) is 3.69. The van der Waals surface area contributed by atoms with Crippen LogP contribution in [0, 0.1) is 0 Å². The first-order valence-electron chi connectivity index (χ1n) is 6.98. The molecule has 3 heterocycles. The number of nitrogens with one attached hydrogen (secondary N) is 3. The molecule has 2 aromatic heterocycles. The van der Waals surface area contributed by atoms with Gasteiger partial charge >= 0.3 is 0 Å². The molecular weight excluding hydrogens is 288 g/mol. The number of nitrogens with zero attached hydrogens (tertiary/aromatic N) is 1. The summed E-state index contributed by atoms with van der Waals surface area (Å²) in [7, 11) is 0. The molecule has 0 radical (unpaired) electrons. The number of thiophene rings is 1. The van der Waals surface area contributed by atoms with E-state index < -0.39 is 0 Å². The van der Waals surface area contributed by atoms with Crippen molar-refractivity contribution in [1.29, 1.82) is 0 Å². The zero-order valence-electron chi connectivity index (χ0n) is 11.6. The minimum Gasteiger partial charge on any atom is -0.375 e. The van der Waals surface area contributed by atoms with Crippen LogP contribution in [-0.4, -0.2) is 41.9 Å². The smallest absolute Gasteiger partial charge is 0.222 e. The van der Waals surface area contributed by atoms with Crippen LogP contribution in [0.15, 0.2) is 23.7 Å². The van der Waals surface area contributed by atoms with E-state index >= 15 is 0 Å². The Bertz CT molecular complexity index is 576. The molecule has 1 fully saturated rings. The molecule has 3 rings (SSSR count). The van der Waals surface area contributed by atoms with Crippen molar-refractivity contribution < 1.29 is 9.53 Å². The number of hydrogen-bond donors (Lipinski definition) is 3. The highest BCUT2D eigenvalue weighted by Gasteiger charge is 2.17. The minimum atomic E-state index is -0.0279. The van der Waals surface area contributed by atoms with Gasteiger partial charge in [-0.3, -0.25) is 9.89 Å². The van der Waals surface area contributed by atoms with Crippen molar-refractivity contribution >= 4 is 17.2 Å². The second-order valence-corrected chi connectivity index (χ2v) is 5.87. The molecule has 0 spiro atoms. The lowest BCUT2D eigenvalue weighted by Crippen LogP contribution is -2.41. The lowest BCUT2D eigenvalue weighted by molar-refractivity contribution is -0.124. The highest BCUT2D eigenvalue weighted by Crippen LogP contribution is 2.25. The van der Waals surface area contributed by atoms with E-state index in [1.54, 1.807) is 17.5 Å². The molecule has 1 atom stereocenters. The summed E-state index contributed by atoms with van der Waals surface area (Å²) in [6, 6.07) is 4.03. The van der Waals surface area contributed by atoms with E-state index in [9.17, 15) is 4.79 Å². The molecule has 0 saturated carbocycles. The third-order valence-corrected chi connectivity index (χ3v) is 4.27. The van der Waals surface area contributed by atoms with Gasteiger partial charge in [0.15, 0.2) is 0 Å². The van der Waals surface area contributed by atoms with Crippen molar-refractivity contribution in [3.05, 3.63) is 29.3 Å². The zero-order valence-corrected chi connectivity index (χ0v) is 12.4. The van der Waals surface area contributed by atoms with Crippen LogP contribution >= 0.6 is 11.3 Å². The van der Waals surface area contributed by atoms with Gasteiger partial charge in [-0.1, -0.05) is 6.07 Å². The summed E-state index contributed by atoms with van der Waals surface area (Å²) in [4.78, 5) is 13.1. The molecule has 2 aromatic rings. The molecule has 1 amide bonds. The van der Waals surface area contributed by atoms with E-state index in [-0.39, 0.29) is 12.0 Å². The predicted octanol–water partition coefficient (Wildman–Crippen LogP) is 1.13. The maximum absolute atomic E-state index is 12.0. The van der Waals surface area contributed by atoms with Crippen LogP contribution in [0.1, 0.15) is 12.0 Å². The number of morpholine rings is 1. The topological polar surface area (TPSA) is 79.0 Å². The minimum absolute atomic E-state index is 0.00188. The van der Waals surface area contributed by atoms with Gasteiger partial charge in [0.2, 0.25) is 5.91 Å². The maximum atomic E-state index is 12.0. The Morgan fingerprint density at radius 1 is 1.57 bits per heavy atom. The highest BCUT2D eigenvalue weighted by atomic mass is 32.1. The number of ether oxygens (including phenoxy) is 1. The molecule has 1 saturated heterocycles. The van der Waals surface area contributed by atoms with Crippen molar-refractivity contribution in [3.8, 4) is 10.6 Å². The molecule has 0 bridgehead atoms. The molecule has 0 aliphatic carbocycles. The van der Waals surface area contributed by atoms with Crippen LogP contribution in [0.25, 0.3) is 10.6 Å². The lowest BCUT2D eigenvalue weighted by atomic mass is 10.2. The Morgan fingerprint density at radius 2 is 2.52 bits per heavy atom. The van der Waals surface area contributed by atoms with Gasteiger partial charge in [-0.25, -0.2) is 0 Å². The normalized spacial score (nSPS) is 18.6. The molecule has 1 aliphatic heterocycles. The zero-order chi connectivity index (χ0) is 14.5. The summed E-state index contributed by atoms with van der Waals surface area (Å²) >= 11 is 1.65.